The van der Waals surface area contributed by atoms with E-state index in [0.717, 1.165) is 43.8 Å². The molecule has 3 aromatic rings. The lowest BCUT2D eigenvalue weighted by atomic mass is 10.0. The lowest BCUT2D eigenvalue weighted by Crippen LogP contribution is -2.48. The second kappa shape index (κ2) is 7.25. The first-order valence-electron chi connectivity index (χ1n) is 9.04. The number of nitrogens with zero attached hydrogens (tertiary/aromatic N) is 5. The van der Waals surface area contributed by atoms with Gasteiger partial charge in [-0.15, -0.1) is 0 Å². The summed E-state index contributed by atoms with van der Waals surface area (Å²) < 4.78 is 1.86. The molecule has 4 heterocycles. The maximum Gasteiger partial charge on any atom is 0.270 e. The van der Waals surface area contributed by atoms with Gasteiger partial charge in [0.15, 0.2) is 0 Å². The molecule has 6 heteroatoms. The van der Waals surface area contributed by atoms with Gasteiger partial charge in [0.25, 0.3) is 5.91 Å². The van der Waals surface area contributed by atoms with Crippen molar-refractivity contribution in [3.05, 3.63) is 66.4 Å². The van der Waals surface area contributed by atoms with Gasteiger partial charge >= 0.3 is 0 Å². The van der Waals surface area contributed by atoms with E-state index >= 15 is 0 Å². The first-order chi connectivity index (χ1) is 12.7. The van der Waals surface area contributed by atoms with Crippen LogP contribution in [0.4, 0.5) is 0 Å². The number of likely N-dealkylation sites (tertiary alicyclic amines) is 1. The summed E-state index contributed by atoms with van der Waals surface area (Å²) in [7, 11) is 2.11. The Morgan fingerprint density at radius 1 is 1.19 bits per heavy atom. The Labute approximate surface area is 153 Å². The molecule has 0 saturated carbocycles. The molecule has 3 aromatic heterocycles. The third kappa shape index (κ3) is 3.32. The van der Waals surface area contributed by atoms with Crippen molar-refractivity contribution in [2.45, 2.75) is 25.4 Å². The smallest absolute Gasteiger partial charge is 0.270 e. The molecular formula is C20H23N5O. The van der Waals surface area contributed by atoms with Gasteiger partial charge in [-0.2, -0.15) is 0 Å². The number of amides is 1. The second-order valence-corrected chi connectivity index (χ2v) is 6.85. The van der Waals surface area contributed by atoms with E-state index in [2.05, 4.69) is 21.9 Å². The lowest BCUT2D eigenvalue weighted by Gasteiger charge is -2.37. The number of hydrogen-bond donors (Lipinski definition) is 0. The minimum atomic E-state index is 0.0736. The molecule has 4 rings (SSSR count). The Morgan fingerprint density at radius 2 is 2.12 bits per heavy atom. The molecule has 1 amide bonds. The zero-order valence-electron chi connectivity index (χ0n) is 15.0. The number of pyridine rings is 2. The van der Waals surface area contributed by atoms with Crippen LogP contribution < -0.4 is 0 Å². The molecule has 1 aliphatic heterocycles. The van der Waals surface area contributed by atoms with Gasteiger partial charge in [0.05, 0.1) is 5.69 Å². The predicted octanol–water partition coefficient (Wildman–Crippen LogP) is 2.47. The van der Waals surface area contributed by atoms with Gasteiger partial charge in [0.1, 0.15) is 11.3 Å². The Hall–Kier alpha value is -2.73. The van der Waals surface area contributed by atoms with Crippen molar-refractivity contribution in [1.82, 2.24) is 24.2 Å². The number of carbonyl (C=O) groups excluding carboxylic acids is 1. The number of rotatable bonds is 4. The first kappa shape index (κ1) is 16.7. The summed E-state index contributed by atoms with van der Waals surface area (Å²) in [6.45, 7) is 2.34. The Kier molecular flexibility index (Phi) is 4.67. The summed E-state index contributed by atoms with van der Waals surface area (Å²) in [4.78, 5) is 26.0. The molecule has 6 nitrogen and oxygen atoms in total. The topological polar surface area (TPSA) is 53.7 Å². The maximum atomic E-state index is 13.1. The van der Waals surface area contributed by atoms with Crippen LogP contribution in [0, 0.1) is 0 Å². The minimum Gasteiger partial charge on any atom is -0.336 e. The highest BCUT2D eigenvalue weighted by Gasteiger charge is 2.28. The number of hydrogen-bond acceptors (Lipinski definition) is 4. The highest BCUT2D eigenvalue weighted by Crippen LogP contribution is 2.19. The zero-order chi connectivity index (χ0) is 17.9. The Balaban J connectivity index is 1.48. The fourth-order valence-corrected chi connectivity index (χ4v) is 3.66. The SMILES string of the molecule is CN(Cc1ccccn1)C1CCCN(C(=O)c2cccc3nccn23)C1. The van der Waals surface area contributed by atoms with Gasteiger partial charge in [0, 0.05) is 44.3 Å². The molecule has 1 aliphatic rings. The fourth-order valence-electron chi connectivity index (χ4n) is 3.66. The third-order valence-electron chi connectivity index (χ3n) is 5.09. The highest BCUT2D eigenvalue weighted by atomic mass is 16.2. The van der Waals surface area contributed by atoms with Crippen molar-refractivity contribution < 1.29 is 4.79 Å². The normalized spacial score (nSPS) is 17.8. The number of imidazole rings is 1. The molecule has 0 spiro atoms. The highest BCUT2D eigenvalue weighted by molar-refractivity contribution is 5.93. The van der Waals surface area contributed by atoms with Crippen LogP contribution in [0.15, 0.2) is 55.0 Å². The lowest BCUT2D eigenvalue weighted by molar-refractivity contribution is 0.0594. The summed E-state index contributed by atoms with van der Waals surface area (Å²) in [5.74, 6) is 0.0736. The third-order valence-corrected chi connectivity index (χ3v) is 5.09. The van der Waals surface area contributed by atoms with Crippen molar-refractivity contribution in [3.8, 4) is 0 Å². The zero-order valence-corrected chi connectivity index (χ0v) is 15.0. The predicted molar refractivity (Wildman–Crippen MR) is 99.8 cm³/mol. The molecule has 1 saturated heterocycles. The van der Waals surface area contributed by atoms with E-state index in [-0.39, 0.29) is 5.91 Å². The summed E-state index contributed by atoms with van der Waals surface area (Å²) >= 11 is 0. The van der Waals surface area contributed by atoms with Crippen LogP contribution in [0.1, 0.15) is 29.0 Å². The number of likely N-dealkylation sites (N-methyl/N-ethyl adjacent to an activating group) is 1. The van der Waals surface area contributed by atoms with Crippen LogP contribution in [-0.4, -0.2) is 56.3 Å². The van der Waals surface area contributed by atoms with Gasteiger partial charge in [-0.3, -0.25) is 19.1 Å². The Morgan fingerprint density at radius 3 is 2.96 bits per heavy atom. The molecule has 26 heavy (non-hydrogen) atoms. The molecule has 1 unspecified atom stereocenters. The summed E-state index contributed by atoms with van der Waals surface area (Å²) in [6.07, 6.45) is 7.51. The van der Waals surface area contributed by atoms with E-state index < -0.39 is 0 Å². The van der Waals surface area contributed by atoms with E-state index in [0.29, 0.717) is 11.7 Å². The van der Waals surface area contributed by atoms with Crippen LogP contribution in [-0.2, 0) is 6.54 Å². The van der Waals surface area contributed by atoms with Gasteiger partial charge in [0.2, 0.25) is 0 Å². The minimum absolute atomic E-state index is 0.0736. The van der Waals surface area contributed by atoms with Gasteiger partial charge in [-0.1, -0.05) is 12.1 Å². The fraction of sp³-hybridized carbons (Fsp3) is 0.350. The van der Waals surface area contributed by atoms with Crippen molar-refractivity contribution in [1.29, 1.82) is 0 Å². The van der Waals surface area contributed by atoms with Gasteiger partial charge in [-0.25, -0.2) is 4.98 Å². The number of aromatic nitrogens is 3. The molecule has 1 atom stereocenters. The molecular weight excluding hydrogens is 326 g/mol. The van der Waals surface area contributed by atoms with E-state index in [4.69, 9.17) is 0 Å². The molecule has 0 N–H and O–H groups in total. The molecule has 0 aliphatic carbocycles. The summed E-state index contributed by atoms with van der Waals surface area (Å²) in [5, 5.41) is 0. The van der Waals surface area contributed by atoms with E-state index in [1.54, 1.807) is 6.20 Å². The monoisotopic (exact) mass is 349 g/mol. The van der Waals surface area contributed by atoms with Crippen molar-refractivity contribution in [3.63, 3.8) is 0 Å². The second-order valence-electron chi connectivity index (χ2n) is 6.85. The first-order valence-corrected chi connectivity index (χ1v) is 9.04. The van der Waals surface area contributed by atoms with E-state index in [9.17, 15) is 4.79 Å². The summed E-state index contributed by atoms with van der Waals surface area (Å²) in [6, 6.07) is 12.0. The van der Waals surface area contributed by atoms with Gasteiger partial charge < -0.3 is 4.90 Å². The quantitative estimate of drug-likeness (QED) is 0.726. The van der Waals surface area contributed by atoms with Crippen LogP contribution in [0.3, 0.4) is 0 Å². The van der Waals surface area contributed by atoms with E-state index in [1.165, 1.54) is 0 Å². The number of carbonyl (C=O) groups is 1. The number of piperidine rings is 1. The van der Waals surface area contributed by atoms with Crippen molar-refractivity contribution in [2.75, 3.05) is 20.1 Å². The van der Waals surface area contributed by atoms with Crippen LogP contribution in [0.25, 0.3) is 5.65 Å². The Bertz CT molecular complexity index is 891. The summed E-state index contributed by atoms with van der Waals surface area (Å²) in [5.41, 5.74) is 2.53. The molecule has 0 bridgehead atoms. The molecule has 0 aromatic carbocycles. The van der Waals surface area contributed by atoms with E-state index in [1.807, 2.05) is 58.1 Å². The largest absolute Gasteiger partial charge is 0.336 e. The standard InChI is InChI=1S/C20H23N5O/c1-23(14-16-6-2-3-10-21-16)17-7-5-12-24(15-17)20(26)18-8-4-9-19-22-11-13-25(18)19/h2-4,6,8-11,13,17H,5,7,12,14-15H2,1H3. The molecule has 0 radical (unpaired) electrons. The number of fused-ring (bicyclic) bond motifs is 1. The molecule has 134 valence electrons. The van der Waals surface area contributed by atoms with Crippen LogP contribution in [0.5, 0.6) is 0 Å². The average molecular weight is 349 g/mol. The van der Waals surface area contributed by atoms with Crippen molar-refractivity contribution >= 4 is 11.6 Å². The maximum absolute atomic E-state index is 13.1. The van der Waals surface area contributed by atoms with Crippen LogP contribution >= 0.6 is 0 Å². The molecule has 1 fully saturated rings. The van der Waals surface area contributed by atoms with Gasteiger partial charge in [-0.05, 0) is 44.2 Å². The average Bonchev–Trinajstić information content (AvgIpc) is 3.17. The van der Waals surface area contributed by atoms with Crippen molar-refractivity contribution in [2.24, 2.45) is 0 Å². The van der Waals surface area contributed by atoms with Crippen LogP contribution in [0.2, 0.25) is 0 Å².